The largest absolute Gasteiger partial charge is 0.325 e. The highest BCUT2D eigenvalue weighted by Gasteiger charge is 2.48. The molecular weight excluding hydrogens is 244 g/mol. The Morgan fingerprint density at radius 3 is 2.50 bits per heavy atom. The Morgan fingerprint density at radius 2 is 2.06 bits per heavy atom. The van der Waals surface area contributed by atoms with Gasteiger partial charge in [-0.1, -0.05) is 6.92 Å². The molecule has 0 atom stereocenters. The van der Waals surface area contributed by atoms with Crippen LogP contribution in [0.5, 0.6) is 0 Å². The van der Waals surface area contributed by atoms with Gasteiger partial charge in [0.1, 0.15) is 5.41 Å². The van der Waals surface area contributed by atoms with Gasteiger partial charge in [0.15, 0.2) is 0 Å². The number of amides is 1. The fourth-order valence-corrected chi connectivity index (χ4v) is 2.79. The van der Waals surface area contributed by atoms with Crippen LogP contribution in [0.1, 0.15) is 19.8 Å². The molecule has 0 bridgehead atoms. The zero-order valence-electron chi connectivity index (χ0n) is 10.6. The maximum atomic E-state index is 12.1. The second kappa shape index (κ2) is 5.03. The van der Waals surface area contributed by atoms with Gasteiger partial charge in [-0.2, -0.15) is 5.26 Å². The van der Waals surface area contributed by atoms with Crippen LogP contribution in [-0.4, -0.2) is 12.2 Å². The minimum absolute atomic E-state index is 0.167. The third kappa shape index (κ3) is 2.37. The van der Waals surface area contributed by atoms with Crippen molar-refractivity contribution in [2.75, 3.05) is 11.6 Å². The molecule has 0 aromatic heterocycles. The number of nitrogens with zero attached hydrogens (tertiary/aromatic N) is 1. The van der Waals surface area contributed by atoms with E-state index in [-0.39, 0.29) is 5.91 Å². The fourth-order valence-electron chi connectivity index (χ4n) is 2.38. The van der Waals surface area contributed by atoms with E-state index < -0.39 is 5.41 Å². The van der Waals surface area contributed by atoms with Crippen LogP contribution in [0.25, 0.3) is 0 Å². The average Bonchev–Trinajstić information content (AvgIpc) is 2.35. The average molecular weight is 260 g/mol. The van der Waals surface area contributed by atoms with E-state index in [1.54, 1.807) is 11.8 Å². The van der Waals surface area contributed by atoms with Crippen LogP contribution in [0.3, 0.4) is 0 Å². The third-order valence-corrected chi connectivity index (χ3v) is 4.13. The Kier molecular flexibility index (Phi) is 3.63. The lowest BCUT2D eigenvalue weighted by atomic mass is 9.63. The second-order valence-electron chi connectivity index (χ2n) is 4.89. The lowest BCUT2D eigenvalue weighted by Gasteiger charge is -2.39. The van der Waals surface area contributed by atoms with Crippen molar-refractivity contribution in [2.24, 2.45) is 11.3 Å². The van der Waals surface area contributed by atoms with Gasteiger partial charge in [-0.25, -0.2) is 0 Å². The second-order valence-corrected chi connectivity index (χ2v) is 5.77. The molecule has 1 N–H and O–H groups in total. The van der Waals surface area contributed by atoms with Crippen molar-refractivity contribution in [2.45, 2.75) is 24.7 Å². The van der Waals surface area contributed by atoms with Gasteiger partial charge in [0.2, 0.25) is 5.91 Å². The monoisotopic (exact) mass is 260 g/mol. The zero-order valence-corrected chi connectivity index (χ0v) is 11.4. The number of benzene rings is 1. The first kappa shape index (κ1) is 13.0. The predicted molar refractivity (Wildman–Crippen MR) is 73.3 cm³/mol. The molecule has 0 radical (unpaired) electrons. The standard InChI is InChI=1S/C14H16N2OS/c1-10-7-14(8-10,9-15)13(17)16-11-3-5-12(18-2)6-4-11/h3-6,10H,7-8H2,1-2H3,(H,16,17). The molecular formula is C14H16N2OS. The number of hydrogen-bond acceptors (Lipinski definition) is 3. The number of rotatable bonds is 3. The summed E-state index contributed by atoms with van der Waals surface area (Å²) in [6.45, 7) is 2.07. The van der Waals surface area contributed by atoms with Gasteiger partial charge < -0.3 is 5.32 Å². The van der Waals surface area contributed by atoms with Crippen LogP contribution >= 0.6 is 11.8 Å². The summed E-state index contributed by atoms with van der Waals surface area (Å²) in [5, 5.41) is 12.0. The number of nitrogens with one attached hydrogen (secondary N) is 1. The van der Waals surface area contributed by atoms with Crippen molar-refractivity contribution in [1.82, 2.24) is 0 Å². The quantitative estimate of drug-likeness (QED) is 0.848. The summed E-state index contributed by atoms with van der Waals surface area (Å²) in [6, 6.07) is 9.84. The molecule has 1 aromatic rings. The number of carbonyl (C=O) groups excluding carboxylic acids is 1. The Balaban J connectivity index is 2.05. The lowest BCUT2D eigenvalue weighted by molar-refractivity contribution is -0.128. The third-order valence-electron chi connectivity index (χ3n) is 3.39. The Hall–Kier alpha value is -1.47. The van der Waals surface area contributed by atoms with E-state index in [1.807, 2.05) is 30.5 Å². The van der Waals surface area contributed by atoms with E-state index in [0.717, 1.165) is 10.6 Å². The van der Waals surface area contributed by atoms with E-state index in [9.17, 15) is 10.1 Å². The minimum Gasteiger partial charge on any atom is -0.325 e. The molecule has 1 aromatic carbocycles. The van der Waals surface area contributed by atoms with Crippen molar-refractivity contribution >= 4 is 23.4 Å². The van der Waals surface area contributed by atoms with Crippen LogP contribution in [0, 0.1) is 22.7 Å². The molecule has 3 nitrogen and oxygen atoms in total. The molecule has 18 heavy (non-hydrogen) atoms. The molecule has 94 valence electrons. The van der Waals surface area contributed by atoms with E-state index in [2.05, 4.69) is 18.3 Å². The number of carbonyl (C=O) groups is 1. The van der Waals surface area contributed by atoms with Gasteiger partial charge in [0.25, 0.3) is 0 Å². The van der Waals surface area contributed by atoms with E-state index in [0.29, 0.717) is 18.8 Å². The first-order chi connectivity index (χ1) is 8.59. The summed E-state index contributed by atoms with van der Waals surface area (Å²) in [5.74, 6) is 0.300. The van der Waals surface area contributed by atoms with E-state index in [1.165, 1.54) is 0 Å². The summed E-state index contributed by atoms with van der Waals surface area (Å²) in [6.07, 6.45) is 3.34. The first-order valence-electron chi connectivity index (χ1n) is 5.96. The van der Waals surface area contributed by atoms with Crippen LogP contribution in [0.15, 0.2) is 29.2 Å². The Morgan fingerprint density at radius 1 is 1.44 bits per heavy atom. The Bertz CT molecular complexity index is 484. The van der Waals surface area contributed by atoms with Crippen molar-refractivity contribution in [3.8, 4) is 6.07 Å². The van der Waals surface area contributed by atoms with E-state index in [4.69, 9.17) is 0 Å². The topological polar surface area (TPSA) is 52.9 Å². The molecule has 0 heterocycles. The van der Waals surface area contributed by atoms with Crippen LogP contribution in [0.2, 0.25) is 0 Å². The smallest absolute Gasteiger partial charge is 0.244 e. The number of thioether (sulfide) groups is 1. The molecule has 0 saturated heterocycles. The van der Waals surface area contributed by atoms with Crippen LogP contribution in [0.4, 0.5) is 5.69 Å². The van der Waals surface area contributed by atoms with Crippen molar-refractivity contribution < 1.29 is 4.79 Å². The molecule has 2 rings (SSSR count). The van der Waals surface area contributed by atoms with Crippen molar-refractivity contribution in [3.05, 3.63) is 24.3 Å². The molecule has 1 aliphatic carbocycles. The SMILES string of the molecule is CSc1ccc(NC(=O)C2(C#N)CC(C)C2)cc1. The van der Waals surface area contributed by atoms with Gasteiger partial charge in [0.05, 0.1) is 6.07 Å². The first-order valence-corrected chi connectivity index (χ1v) is 7.19. The molecule has 1 saturated carbocycles. The highest BCUT2D eigenvalue weighted by Crippen LogP contribution is 2.45. The molecule has 1 amide bonds. The molecule has 0 aliphatic heterocycles. The normalized spacial score (nSPS) is 25.9. The maximum absolute atomic E-state index is 12.1. The highest BCUT2D eigenvalue weighted by molar-refractivity contribution is 7.98. The van der Waals surface area contributed by atoms with Gasteiger partial charge in [-0.15, -0.1) is 11.8 Å². The summed E-state index contributed by atoms with van der Waals surface area (Å²) in [7, 11) is 0. The fraction of sp³-hybridized carbons (Fsp3) is 0.429. The maximum Gasteiger partial charge on any atom is 0.244 e. The van der Waals surface area contributed by atoms with Crippen molar-refractivity contribution in [1.29, 1.82) is 5.26 Å². The molecule has 0 spiro atoms. The summed E-state index contributed by atoms with van der Waals surface area (Å²) < 4.78 is 0. The lowest BCUT2D eigenvalue weighted by Crippen LogP contribution is -2.45. The summed E-state index contributed by atoms with van der Waals surface area (Å²) >= 11 is 1.66. The molecule has 1 fully saturated rings. The summed E-state index contributed by atoms with van der Waals surface area (Å²) in [5.41, 5.74) is -0.0515. The summed E-state index contributed by atoms with van der Waals surface area (Å²) in [4.78, 5) is 13.3. The van der Waals surface area contributed by atoms with Gasteiger partial charge in [-0.05, 0) is 49.3 Å². The molecule has 1 aliphatic rings. The Labute approximate surface area is 112 Å². The van der Waals surface area contributed by atoms with Gasteiger partial charge in [-0.3, -0.25) is 4.79 Å². The van der Waals surface area contributed by atoms with Crippen LogP contribution < -0.4 is 5.32 Å². The van der Waals surface area contributed by atoms with Crippen LogP contribution in [-0.2, 0) is 4.79 Å². The highest BCUT2D eigenvalue weighted by atomic mass is 32.2. The predicted octanol–water partition coefficient (Wildman–Crippen LogP) is 3.29. The zero-order chi connectivity index (χ0) is 13.2. The van der Waals surface area contributed by atoms with Gasteiger partial charge >= 0.3 is 0 Å². The minimum atomic E-state index is -0.808. The van der Waals surface area contributed by atoms with E-state index >= 15 is 0 Å². The molecule has 4 heteroatoms. The van der Waals surface area contributed by atoms with Gasteiger partial charge in [0, 0.05) is 10.6 Å². The molecule has 0 unspecified atom stereocenters. The number of anilines is 1. The number of nitriles is 1. The van der Waals surface area contributed by atoms with Crippen molar-refractivity contribution in [3.63, 3.8) is 0 Å². The number of hydrogen-bond donors (Lipinski definition) is 1.